The van der Waals surface area contributed by atoms with E-state index in [1.165, 1.54) is 5.56 Å². The Hall–Kier alpha value is -1.97. The van der Waals surface area contributed by atoms with Crippen molar-refractivity contribution in [3.05, 3.63) is 66.4 Å². The van der Waals surface area contributed by atoms with Crippen LogP contribution in [0.1, 0.15) is 12.0 Å². The molecule has 0 unspecified atom stereocenters. The largest absolute Gasteiger partial charge is 0.396 e. The Labute approximate surface area is 125 Å². The van der Waals surface area contributed by atoms with E-state index in [4.69, 9.17) is 5.11 Å². The summed E-state index contributed by atoms with van der Waals surface area (Å²) in [4.78, 5) is 4.39. The lowest BCUT2D eigenvalue weighted by molar-refractivity contribution is 0.246. The van der Waals surface area contributed by atoms with E-state index in [2.05, 4.69) is 46.7 Å². The second-order valence-corrected chi connectivity index (χ2v) is 5.47. The van der Waals surface area contributed by atoms with Gasteiger partial charge in [0.05, 0.1) is 5.69 Å². The SMILES string of the molecule is OC[C@H]1C=C[C@@H](NCc2cccc(-c3ccccn3)c2)C1. The lowest BCUT2D eigenvalue weighted by Crippen LogP contribution is -2.26. The van der Waals surface area contributed by atoms with Gasteiger partial charge < -0.3 is 10.4 Å². The highest BCUT2D eigenvalue weighted by Crippen LogP contribution is 2.19. The van der Waals surface area contributed by atoms with Gasteiger partial charge in [0.1, 0.15) is 0 Å². The maximum absolute atomic E-state index is 9.15. The van der Waals surface area contributed by atoms with Crippen molar-refractivity contribution >= 4 is 0 Å². The summed E-state index contributed by atoms with van der Waals surface area (Å²) in [7, 11) is 0. The van der Waals surface area contributed by atoms with Gasteiger partial charge in [-0.2, -0.15) is 0 Å². The first-order valence-corrected chi connectivity index (χ1v) is 7.38. The Morgan fingerprint density at radius 2 is 2.10 bits per heavy atom. The molecular formula is C18H20N2O. The van der Waals surface area contributed by atoms with Gasteiger partial charge in [-0.15, -0.1) is 0 Å². The third-order valence-corrected chi connectivity index (χ3v) is 3.86. The predicted octanol–water partition coefficient (Wildman–Crippen LogP) is 2.78. The zero-order valence-electron chi connectivity index (χ0n) is 11.9. The highest BCUT2D eigenvalue weighted by Gasteiger charge is 2.17. The fraction of sp³-hybridized carbons (Fsp3) is 0.278. The van der Waals surface area contributed by atoms with Gasteiger partial charge >= 0.3 is 0 Å². The van der Waals surface area contributed by atoms with Gasteiger partial charge in [0.25, 0.3) is 0 Å². The van der Waals surface area contributed by atoms with E-state index >= 15 is 0 Å². The maximum Gasteiger partial charge on any atom is 0.0702 e. The van der Waals surface area contributed by atoms with Gasteiger partial charge in [-0.05, 0) is 30.2 Å². The summed E-state index contributed by atoms with van der Waals surface area (Å²) in [6.07, 6.45) is 7.06. The molecule has 3 heteroatoms. The molecule has 0 aliphatic heterocycles. The van der Waals surface area contributed by atoms with Crippen molar-refractivity contribution in [1.29, 1.82) is 0 Å². The normalized spacial score (nSPS) is 20.8. The average molecular weight is 280 g/mol. The number of nitrogens with zero attached hydrogens (tertiary/aromatic N) is 1. The van der Waals surface area contributed by atoms with E-state index in [1.807, 2.05) is 24.4 Å². The van der Waals surface area contributed by atoms with Crippen molar-refractivity contribution in [2.45, 2.75) is 19.0 Å². The number of aliphatic hydroxyl groups is 1. The molecule has 108 valence electrons. The van der Waals surface area contributed by atoms with Crippen LogP contribution in [0.25, 0.3) is 11.3 Å². The summed E-state index contributed by atoms with van der Waals surface area (Å²) in [5.41, 5.74) is 3.39. The van der Waals surface area contributed by atoms with Crippen LogP contribution >= 0.6 is 0 Å². The molecule has 0 fully saturated rings. The van der Waals surface area contributed by atoms with E-state index in [0.717, 1.165) is 24.2 Å². The van der Waals surface area contributed by atoms with E-state index in [-0.39, 0.29) is 6.61 Å². The summed E-state index contributed by atoms with van der Waals surface area (Å²) < 4.78 is 0. The molecule has 2 aromatic rings. The molecule has 1 aromatic heterocycles. The molecule has 1 aliphatic rings. The fourth-order valence-corrected chi connectivity index (χ4v) is 2.68. The second kappa shape index (κ2) is 6.66. The van der Waals surface area contributed by atoms with Crippen LogP contribution in [0.15, 0.2) is 60.8 Å². The highest BCUT2D eigenvalue weighted by molar-refractivity contribution is 5.59. The van der Waals surface area contributed by atoms with Crippen molar-refractivity contribution in [1.82, 2.24) is 10.3 Å². The molecule has 0 saturated carbocycles. The molecule has 0 bridgehead atoms. The molecule has 0 radical (unpaired) electrons. The van der Waals surface area contributed by atoms with Crippen LogP contribution in [-0.4, -0.2) is 22.7 Å². The lowest BCUT2D eigenvalue weighted by atomic mass is 10.1. The van der Waals surface area contributed by atoms with Gasteiger partial charge in [0.2, 0.25) is 0 Å². The van der Waals surface area contributed by atoms with Crippen molar-refractivity contribution in [2.75, 3.05) is 6.61 Å². The number of hydrogen-bond acceptors (Lipinski definition) is 3. The first-order chi connectivity index (χ1) is 10.3. The van der Waals surface area contributed by atoms with Gasteiger partial charge in [-0.3, -0.25) is 4.98 Å². The number of aliphatic hydroxyl groups excluding tert-OH is 1. The van der Waals surface area contributed by atoms with Crippen LogP contribution < -0.4 is 5.32 Å². The standard InChI is InChI=1S/C18H20N2O/c21-13-15-7-8-17(11-15)20-12-14-4-3-5-16(10-14)18-6-1-2-9-19-18/h1-10,15,17,20-21H,11-13H2/t15-,17+/m0/s1. The molecule has 1 aliphatic carbocycles. The molecule has 0 amide bonds. The molecule has 0 spiro atoms. The lowest BCUT2D eigenvalue weighted by Gasteiger charge is -2.13. The number of pyridine rings is 1. The molecule has 1 heterocycles. The van der Waals surface area contributed by atoms with Gasteiger partial charge in [0.15, 0.2) is 0 Å². The molecule has 3 nitrogen and oxygen atoms in total. The summed E-state index contributed by atoms with van der Waals surface area (Å²) in [5, 5.41) is 12.7. The second-order valence-electron chi connectivity index (χ2n) is 5.47. The highest BCUT2D eigenvalue weighted by atomic mass is 16.3. The smallest absolute Gasteiger partial charge is 0.0702 e. The van der Waals surface area contributed by atoms with Crippen LogP contribution in [0, 0.1) is 5.92 Å². The molecule has 0 saturated heterocycles. The monoisotopic (exact) mass is 280 g/mol. The van der Waals surface area contributed by atoms with Crippen molar-refractivity contribution in [3.8, 4) is 11.3 Å². The van der Waals surface area contributed by atoms with Crippen LogP contribution in [0.4, 0.5) is 0 Å². The average Bonchev–Trinajstić information content (AvgIpc) is 3.02. The van der Waals surface area contributed by atoms with E-state index in [1.54, 1.807) is 0 Å². The molecule has 21 heavy (non-hydrogen) atoms. The van der Waals surface area contributed by atoms with Crippen LogP contribution in [-0.2, 0) is 6.54 Å². The molecule has 2 atom stereocenters. The van der Waals surface area contributed by atoms with Gasteiger partial charge in [-0.25, -0.2) is 0 Å². The maximum atomic E-state index is 9.15. The van der Waals surface area contributed by atoms with Crippen molar-refractivity contribution in [3.63, 3.8) is 0 Å². The molecular weight excluding hydrogens is 260 g/mol. The third kappa shape index (κ3) is 3.57. The zero-order valence-corrected chi connectivity index (χ0v) is 11.9. The number of nitrogens with one attached hydrogen (secondary N) is 1. The minimum atomic E-state index is 0.240. The first kappa shape index (κ1) is 14.0. The Bertz CT molecular complexity index is 610. The van der Waals surface area contributed by atoms with Crippen molar-refractivity contribution < 1.29 is 5.11 Å². The Morgan fingerprint density at radius 1 is 1.14 bits per heavy atom. The summed E-state index contributed by atoms with van der Waals surface area (Å²) in [5.74, 6) is 0.308. The molecule has 2 N–H and O–H groups in total. The molecule has 3 rings (SSSR count). The number of hydrogen-bond donors (Lipinski definition) is 2. The summed E-state index contributed by atoms with van der Waals surface area (Å²) in [6.45, 7) is 1.07. The van der Waals surface area contributed by atoms with Gasteiger partial charge in [0, 0.05) is 36.9 Å². The number of benzene rings is 1. The number of aromatic nitrogens is 1. The minimum Gasteiger partial charge on any atom is -0.396 e. The van der Waals surface area contributed by atoms with E-state index < -0.39 is 0 Å². The van der Waals surface area contributed by atoms with Crippen LogP contribution in [0.5, 0.6) is 0 Å². The quantitative estimate of drug-likeness (QED) is 0.828. The zero-order chi connectivity index (χ0) is 14.5. The van der Waals surface area contributed by atoms with E-state index in [9.17, 15) is 0 Å². The summed E-state index contributed by atoms with van der Waals surface area (Å²) in [6, 6.07) is 14.8. The van der Waals surface area contributed by atoms with Gasteiger partial charge in [-0.1, -0.05) is 36.4 Å². The fourth-order valence-electron chi connectivity index (χ4n) is 2.68. The third-order valence-electron chi connectivity index (χ3n) is 3.86. The van der Waals surface area contributed by atoms with Crippen LogP contribution in [0.3, 0.4) is 0 Å². The molecule has 1 aromatic carbocycles. The van der Waals surface area contributed by atoms with E-state index in [0.29, 0.717) is 12.0 Å². The first-order valence-electron chi connectivity index (χ1n) is 7.38. The van der Waals surface area contributed by atoms with Crippen molar-refractivity contribution in [2.24, 2.45) is 5.92 Å². The predicted molar refractivity (Wildman–Crippen MR) is 84.6 cm³/mol. The van der Waals surface area contributed by atoms with Crippen LogP contribution in [0.2, 0.25) is 0 Å². The Balaban J connectivity index is 1.63. The Kier molecular flexibility index (Phi) is 4.43. The number of rotatable bonds is 5. The Morgan fingerprint density at radius 3 is 2.86 bits per heavy atom. The summed E-state index contributed by atoms with van der Waals surface area (Å²) >= 11 is 0. The topological polar surface area (TPSA) is 45.1 Å². The minimum absolute atomic E-state index is 0.240.